The summed E-state index contributed by atoms with van der Waals surface area (Å²) in [5.41, 5.74) is 5.88. The van der Waals surface area contributed by atoms with Crippen LogP contribution in [0.3, 0.4) is 0 Å². The second-order valence-electron chi connectivity index (χ2n) is 10.3. The molecule has 1 aliphatic carbocycles. The molecule has 0 aliphatic heterocycles. The van der Waals surface area contributed by atoms with Crippen molar-refractivity contribution in [3.63, 3.8) is 0 Å². The summed E-state index contributed by atoms with van der Waals surface area (Å²) in [5.74, 6) is -3.61. The Balaban J connectivity index is 1.69. The van der Waals surface area contributed by atoms with E-state index in [-0.39, 0.29) is 18.8 Å². The van der Waals surface area contributed by atoms with Gasteiger partial charge in [-0.25, -0.2) is 4.84 Å². The minimum Gasteiger partial charge on any atom is -0.481 e. The normalized spacial score (nSPS) is 16.2. The van der Waals surface area contributed by atoms with Crippen LogP contribution in [0.4, 0.5) is 0 Å². The molecule has 1 aromatic carbocycles. The lowest BCUT2D eigenvalue weighted by Gasteiger charge is -2.26. The number of nitrogens with one attached hydrogen (secondary N) is 5. The van der Waals surface area contributed by atoms with Crippen LogP contribution in [0.15, 0.2) is 30.5 Å². The van der Waals surface area contributed by atoms with Crippen molar-refractivity contribution in [1.82, 2.24) is 25.8 Å². The van der Waals surface area contributed by atoms with Gasteiger partial charge < -0.3 is 31.8 Å². The summed E-state index contributed by atoms with van der Waals surface area (Å²) in [6.45, 7) is 3.77. The highest BCUT2D eigenvalue weighted by atomic mass is 35.5. The van der Waals surface area contributed by atoms with E-state index < -0.39 is 59.7 Å². The number of fused-ring (bicyclic) bond motifs is 1. The fraction of sp³-hybridized carbons (Fsp3) is 0.500. The molecule has 39 heavy (non-hydrogen) atoms. The third-order valence-corrected chi connectivity index (χ3v) is 6.99. The molecule has 0 bridgehead atoms. The zero-order valence-electron chi connectivity index (χ0n) is 21.9. The summed E-state index contributed by atoms with van der Waals surface area (Å²) in [6, 6.07) is 4.48. The molecule has 0 radical (unpaired) electrons. The number of amides is 4. The van der Waals surface area contributed by atoms with Crippen LogP contribution in [-0.2, 0) is 30.4 Å². The number of hydrogen-bond donors (Lipinski definition) is 7. The highest BCUT2D eigenvalue weighted by molar-refractivity contribution is 6.15. The van der Waals surface area contributed by atoms with E-state index in [0.717, 1.165) is 16.5 Å². The Kier molecular flexibility index (Phi) is 9.92. The third-order valence-electron chi connectivity index (χ3n) is 6.73. The van der Waals surface area contributed by atoms with Crippen molar-refractivity contribution >= 4 is 52.3 Å². The number of nitrogens with two attached hydrogens (primary N) is 1. The molecular weight excluding hydrogens is 528 g/mol. The number of hydrogen-bond acceptors (Lipinski definition) is 6. The Hall–Kier alpha value is -3.64. The molecule has 1 aliphatic rings. The Morgan fingerprint density at radius 2 is 1.74 bits per heavy atom. The summed E-state index contributed by atoms with van der Waals surface area (Å²) in [5, 5.41) is 17.9. The van der Waals surface area contributed by atoms with Crippen LogP contribution in [-0.4, -0.2) is 63.4 Å². The first-order valence-electron chi connectivity index (χ1n) is 12.8. The molecule has 2 aromatic rings. The highest BCUT2D eigenvalue weighted by Crippen LogP contribution is 2.36. The lowest BCUT2D eigenvalue weighted by atomic mass is 10.0. The molecule has 4 amide bonds. The summed E-state index contributed by atoms with van der Waals surface area (Å²) in [6.07, 6.45) is 2.35. The number of para-hydroxylation sites is 1. The Labute approximate surface area is 230 Å². The average Bonchev–Trinajstić information content (AvgIpc) is 3.55. The fourth-order valence-electron chi connectivity index (χ4n) is 4.38. The minimum absolute atomic E-state index is 0.0934. The molecule has 12 nitrogen and oxygen atoms in total. The number of primary amides is 1. The van der Waals surface area contributed by atoms with Crippen LogP contribution in [0.1, 0.15) is 51.5 Å². The van der Waals surface area contributed by atoms with E-state index in [1.807, 2.05) is 38.1 Å². The smallest absolute Gasteiger partial charge is 0.303 e. The molecule has 1 saturated carbocycles. The van der Waals surface area contributed by atoms with E-state index in [0.29, 0.717) is 19.3 Å². The lowest BCUT2D eigenvalue weighted by Crippen LogP contribution is -2.59. The molecule has 212 valence electrons. The van der Waals surface area contributed by atoms with Crippen molar-refractivity contribution in [1.29, 1.82) is 0 Å². The van der Waals surface area contributed by atoms with Gasteiger partial charge in [0.15, 0.2) is 0 Å². The molecule has 8 N–H and O–H groups in total. The Morgan fingerprint density at radius 1 is 1.05 bits per heavy atom. The van der Waals surface area contributed by atoms with E-state index in [1.165, 1.54) is 0 Å². The number of H-pyrrole nitrogens is 1. The van der Waals surface area contributed by atoms with Crippen LogP contribution in [0.25, 0.3) is 10.9 Å². The van der Waals surface area contributed by atoms with Gasteiger partial charge in [0.2, 0.25) is 23.6 Å². The first-order valence-corrected chi connectivity index (χ1v) is 13.2. The first-order chi connectivity index (χ1) is 18.5. The van der Waals surface area contributed by atoms with E-state index in [4.69, 9.17) is 17.5 Å². The van der Waals surface area contributed by atoms with Crippen molar-refractivity contribution in [3.05, 3.63) is 36.0 Å². The lowest BCUT2D eigenvalue weighted by molar-refractivity contribution is -0.138. The molecule has 0 unspecified atom stereocenters. The van der Waals surface area contributed by atoms with Crippen LogP contribution in [0, 0.1) is 5.92 Å². The van der Waals surface area contributed by atoms with Gasteiger partial charge in [-0.05, 0) is 55.0 Å². The monoisotopic (exact) mass is 562 g/mol. The predicted octanol–water partition coefficient (Wildman–Crippen LogP) is 0.837. The van der Waals surface area contributed by atoms with Crippen molar-refractivity contribution in [2.75, 3.05) is 0 Å². The van der Waals surface area contributed by atoms with Gasteiger partial charge in [0, 0.05) is 29.9 Å². The van der Waals surface area contributed by atoms with Crippen molar-refractivity contribution in [2.24, 2.45) is 11.7 Å². The SMILES string of the molecule is CC(C)C[C@H](NC(=O)C1(NC(=O)[C@H](CCC(=O)O)NC(=O)[C@H](Cc2c[nH]c3ccccc23)NCl)CC1)C(N)=O. The van der Waals surface area contributed by atoms with Crippen molar-refractivity contribution < 1.29 is 29.1 Å². The van der Waals surface area contributed by atoms with Crippen LogP contribution in [0.2, 0.25) is 0 Å². The largest absolute Gasteiger partial charge is 0.481 e. The standard InChI is InChI=1S/C26H35ClN6O6/c1-14(2)11-19(22(28)36)31-25(39)26(9-10-26)32-24(38)18(7-8-21(34)35)30-23(37)20(33-27)12-15-13-29-17-6-4-3-5-16(15)17/h3-6,13-14,18-20,29,33H,7-12H2,1-2H3,(H2,28,36)(H,30,37)(H,31,39)(H,32,38)(H,34,35)/t18-,19-,20-/m0/s1. The number of carboxylic acids is 1. The van der Waals surface area contributed by atoms with Crippen molar-refractivity contribution in [3.8, 4) is 0 Å². The summed E-state index contributed by atoms with van der Waals surface area (Å²) in [4.78, 5) is 67.9. The van der Waals surface area contributed by atoms with E-state index in [1.54, 1.807) is 6.20 Å². The molecule has 1 fully saturated rings. The number of benzene rings is 1. The van der Waals surface area contributed by atoms with Gasteiger partial charge >= 0.3 is 5.97 Å². The maximum absolute atomic E-state index is 13.2. The molecule has 3 rings (SSSR count). The molecular formula is C26H35ClN6O6. The minimum atomic E-state index is -1.26. The van der Waals surface area contributed by atoms with Gasteiger partial charge in [0.05, 0.1) is 0 Å². The topological polar surface area (TPSA) is 196 Å². The van der Waals surface area contributed by atoms with Crippen molar-refractivity contribution in [2.45, 2.75) is 76.0 Å². The van der Waals surface area contributed by atoms with Crippen LogP contribution < -0.4 is 26.5 Å². The predicted molar refractivity (Wildman–Crippen MR) is 144 cm³/mol. The molecule has 0 spiro atoms. The number of aliphatic carboxylic acids is 1. The Morgan fingerprint density at radius 3 is 2.33 bits per heavy atom. The van der Waals surface area contributed by atoms with E-state index >= 15 is 0 Å². The van der Waals surface area contributed by atoms with Gasteiger partial charge in [-0.15, -0.1) is 0 Å². The molecule has 0 saturated heterocycles. The number of aromatic amines is 1. The van der Waals surface area contributed by atoms with Crippen LogP contribution >= 0.6 is 11.8 Å². The zero-order chi connectivity index (χ0) is 28.7. The highest BCUT2D eigenvalue weighted by Gasteiger charge is 2.52. The zero-order valence-corrected chi connectivity index (χ0v) is 22.6. The average molecular weight is 563 g/mol. The van der Waals surface area contributed by atoms with Gasteiger partial charge in [-0.1, -0.05) is 32.0 Å². The van der Waals surface area contributed by atoms with Gasteiger partial charge in [-0.3, -0.25) is 24.0 Å². The molecule has 1 heterocycles. The molecule has 3 atom stereocenters. The number of halogens is 1. The summed E-state index contributed by atoms with van der Waals surface area (Å²) in [7, 11) is 0. The number of carboxylic acid groups (broad SMARTS) is 1. The maximum Gasteiger partial charge on any atom is 0.303 e. The van der Waals surface area contributed by atoms with Gasteiger partial charge in [-0.2, -0.15) is 0 Å². The number of carbonyl (C=O) groups is 5. The fourth-order valence-corrected chi connectivity index (χ4v) is 4.56. The van der Waals surface area contributed by atoms with Crippen LogP contribution in [0.5, 0.6) is 0 Å². The van der Waals surface area contributed by atoms with Gasteiger partial charge in [0.25, 0.3) is 0 Å². The molecule has 13 heteroatoms. The quantitative estimate of drug-likeness (QED) is 0.156. The maximum atomic E-state index is 13.2. The summed E-state index contributed by atoms with van der Waals surface area (Å²) >= 11 is 5.88. The second kappa shape index (κ2) is 12.9. The first kappa shape index (κ1) is 29.9. The summed E-state index contributed by atoms with van der Waals surface area (Å²) < 4.78 is 0. The third kappa shape index (κ3) is 7.93. The molecule has 1 aromatic heterocycles. The second-order valence-corrected chi connectivity index (χ2v) is 10.6. The van der Waals surface area contributed by atoms with E-state index in [2.05, 4.69) is 25.8 Å². The number of aromatic nitrogens is 1. The number of rotatable bonds is 15. The number of carbonyl (C=O) groups excluding carboxylic acids is 4. The Bertz CT molecular complexity index is 1230. The van der Waals surface area contributed by atoms with Gasteiger partial charge in [0.1, 0.15) is 23.7 Å². The van der Waals surface area contributed by atoms with E-state index in [9.17, 15) is 29.1 Å².